The molecule has 0 bridgehead atoms. The smallest absolute Gasteiger partial charge is 0.849 e. The summed E-state index contributed by atoms with van der Waals surface area (Å²) in [6, 6.07) is 75.9. The Bertz CT molecular complexity index is 2640. The van der Waals surface area contributed by atoms with Crippen molar-refractivity contribution in [2.75, 3.05) is 0 Å². The van der Waals surface area contributed by atoms with Gasteiger partial charge in [-0.25, -0.2) is 0 Å². The van der Waals surface area contributed by atoms with Gasteiger partial charge in [0.2, 0.25) is 0 Å². The Balaban J connectivity index is 0.000000336. The van der Waals surface area contributed by atoms with E-state index in [1.165, 1.54) is 0 Å². The van der Waals surface area contributed by atoms with Crippen LogP contribution in [0.15, 0.2) is 231 Å². The topological polar surface area (TPSA) is 163 Å². The van der Waals surface area contributed by atoms with Crippen LogP contribution in [0.4, 0.5) is 0 Å². The number of aliphatic hydroxyl groups excluding tert-OH is 3. The molecule has 0 amide bonds. The van der Waals surface area contributed by atoms with Gasteiger partial charge in [0.25, 0.3) is 0 Å². The summed E-state index contributed by atoms with van der Waals surface area (Å²) < 4.78 is 30.0. The van der Waals surface area contributed by atoms with Crippen LogP contribution in [-0.2, 0) is 70.8 Å². The summed E-state index contributed by atoms with van der Waals surface area (Å²) in [7, 11) is 0. The van der Waals surface area contributed by atoms with Crippen LogP contribution in [0, 0.1) is 86.2 Å². The molecule has 2 aliphatic carbocycles. The van der Waals surface area contributed by atoms with E-state index in [4.69, 9.17) is 18.6 Å². The maximum atomic E-state index is 14.0. The Kier molecular flexibility index (Phi) is 27.6. The van der Waals surface area contributed by atoms with Gasteiger partial charge in [-0.05, 0) is 55.6 Å². The van der Waals surface area contributed by atoms with Crippen molar-refractivity contribution in [2.24, 2.45) is 0 Å². The molecule has 2 fully saturated rings. The first kappa shape index (κ1) is 62.1. The van der Waals surface area contributed by atoms with Gasteiger partial charge in [0, 0.05) is 35.5 Å². The number of aliphatic hydroxyl groups is 3. The zero-order valence-electron chi connectivity index (χ0n) is 39.4. The largest absolute Gasteiger partial charge is 2.00 e. The predicted octanol–water partition coefficient (Wildman–Crippen LogP) is 10.6. The van der Waals surface area contributed by atoms with Crippen molar-refractivity contribution >= 4 is 0 Å². The Morgan fingerprint density at radius 1 is 0.284 bits per heavy atom. The quantitative estimate of drug-likeness (QED) is 0.0706. The van der Waals surface area contributed by atoms with Crippen molar-refractivity contribution in [3.63, 3.8) is 0 Å². The molecule has 10 rings (SSSR count). The van der Waals surface area contributed by atoms with E-state index in [1.807, 2.05) is 206 Å². The molecule has 8 aromatic rings. The Morgan fingerprint density at radius 2 is 0.459 bits per heavy atom. The Morgan fingerprint density at radius 3 is 0.676 bits per heavy atom. The van der Waals surface area contributed by atoms with Crippen molar-refractivity contribution in [3.8, 4) is 0 Å². The van der Waals surface area contributed by atoms with E-state index in [-0.39, 0.29) is 64.4 Å². The Labute approximate surface area is 460 Å². The van der Waals surface area contributed by atoms with Crippen molar-refractivity contribution in [1.82, 2.24) is 0 Å². The zero-order valence-corrected chi connectivity index (χ0v) is 42.9. The second-order valence-corrected chi connectivity index (χ2v) is 15.6. The molecule has 8 nitrogen and oxygen atoms in total. The fraction of sp³-hybridized carbons (Fsp3) is 0.0312. The van der Waals surface area contributed by atoms with E-state index >= 15 is 0 Å². The monoisotopic (exact) mass is 1150 g/mol. The minimum Gasteiger partial charge on any atom is -0.849 e. The van der Waals surface area contributed by atoms with Crippen molar-refractivity contribution in [2.45, 2.75) is 13.2 Å². The maximum Gasteiger partial charge on any atom is 2.00 e. The van der Waals surface area contributed by atoms with Gasteiger partial charge in [0.1, 0.15) is 6.10 Å². The van der Waals surface area contributed by atoms with E-state index in [1.54, 1.807) is 0 Å². The van der Waals surface area contributed by atoms with Gasteiger partial charge in [-0.15, -0.1) is 0 Å². The molecule has 0 heterocycles. The van der Waals surface area contributed by atoms with Gasteiger partial charge in [0.05, 0.1) is 25.0 Å². The molecule has 0 unspecified atom stereocenters. The van der Waals surface area contributed by atoms with E-state index in [9.17, 15) is 20.4 Å². The summed E-state index contributed by atoms with van der Waals surface area (Å²) in [6.07, 6.45) is 0.310. The summed E-state index contributed by atoms with van der Waals surface area (Å²) in [4.78, 5) is 0. The minimum atomic E-state index is -0.0134. The van der Waals surface area contributed by atoms with E-state index in [0.717, 1.165) is 97.1 Å². The summed E-state index contributed by atoms with van der Waals surface area (Å²) in [5, 5.41) is 44.8. The Hall–Kier alpha value is -6.19. The normalized spacial score (nSPS) is 14.4. The molecule has 2 saturated carbocycles. The van der Waals surface area contributed by atoms with Crippen molar-refractivity contribution in [3.05, 3.63) is 372 Å². The fourth-order valence-electron chi connectivity index (χ4n) is 8.66. The number of hydrogen-bond donors (Lipinski definition) is 3. The maximum absolute atomic E-state index is 14.0. The number of rotatable bonds is 10. The van der Waals surface area contributed by atoms with Gasteiger partial charge in [-0.2, -0.15) is 0 Å². The van der Waals surface area contributed by atoms with E-state index < -0.39 is 0 Å². The van der Waals surface area contributed by atoms with Crippen LogP contribution in [0.5, 0.6) is 0 Å². The van der Waals surface area contributed by atoms with Crippen LogP contribution in [0.2, 0.25) is 0 Å². The van der Waals surface area contributed by atoms with Crippen molar-refractivity contribution in [1.29, 1.82) is 0 Å². The molecule has 0 spiro atoms. The standard InChI is InChI=1S/C30H23O2.C30H22O2.4CO.2Ru/c2*31-20-21-16-18-25(19-17-21)27-26(22-10-4-1-5-11-22)28(23-12-6-2-7-13-23)30(32)29(27)24-14-8-3-9-15-24;4*1-2;;/h1-19,31-32H,20H2;1-19,31H,20H2;;;;;;/q;-1;;;;;+1;+2. The number of hydrogen-bond acceptors (Lipinski definition) is 4. The molecule has 0 saturated heterocycles. The molecule has 2 aliphatic rings. The first-order valence-corrected chi connectivity index (χ1v) is 22.2. The predicted molar refractivity (Wildman–Crippen MR) is 266 cm³/mol. The molecule has 10 heteroatoms. The third-order valence-corrected chi connectivity index (χ3v) is 11.7. The summed E-state index contributed by atoms with van der Waals surface area (Å²) in [6.45, 7) is 18.0. The third-order valence-electron chi connectivity index (χ3n) is 11.7. The molecule has 8 aromatic carbocycles. The minimum absolute atomic E-state index is 0. The molecule has 74 heavy (non-hydrogen) atoms. The van der Waals surface area contributed by atoms with Crippen LogP contribution in [0.1, 0.15) is 55.6 Å². The van der Waals surface area contributed by atoms with Crippen molar-refractivity contribution < 1.29 is 78.0 Å². The van der Waals surface area contributed by atoms with Gasteiger partial charge >= 0.3 is 84.2 Å². The van der Waals surface area contributed by atoms with Gasteiger partial charge in [0.15, 0.2) is 0 Å². The molecular formula is C64H45O8Ru2+2. The van der Waals surface area contributed by atoms with Gasteiger partial charge in [-0.3, -0.25) is 0 Å². The molecule has 363 valence electrons. The zero-order chi connectivity index (χ0) is 51.8. The van der Waals surface area contributed by atoms with Gasteiger partial charge in [-0.1, -0.05) is 237 Å². The van der Waals surface area contributed by atoms with Crippen LogP contribution >= 0.6 is 0 Å². The van der Waals surface area contributed by atoms with E-state index in [0.29, 0.717) is 5.92 Å². The SMILES string of the molecule is OCc1ccc([C]2[C](c3ccccc3)[C](O)[C](c3ccccc3)[C]2c2ccccc2)cc1.[C-]#[O+].[C-]#[O+].[C-]#[O+].[C-]#[O+].[O-][C]1[C](c2ccccc2)[C](c2ccccc2)[C](c2ccc(CO)cc2)[C]1c1ccccc1.[Ru+2].[Ru+]. The molecule has 3 N–H and O–H groups in total. The average molecular weight is 1140 g/mol. The number of benzene rings is 8. The third kappa shape index (κ3) is 14.6. The molecule has 0 aromatic heterocycles. The first-order valence-electron chi connectivity index (χ1n) is 22.2. The fourth-order valence-corrected chi connectivity index (χ4v) is 8.66. The average Bonchev–Trinajstić information content (AvgIpc) is 3.97. The van der Waals surface area contributed by atoms with E-state index in [2.05, 4.69) is 50.9 Å². The molecule has 11 radical (unpaired) electrons. The molecule has 0 aliphatic heterocycles. The van der Waals surface area contributed by atoms with Gasteiger partial charge < -0.3 is 20.4 Å². The molecular weight excluding hydrogens is 1100 g/mol. The van der Waals surface area contributed by atoms with Crippen LogP contribution in [-0.4, -0.2) is 15.3 Å². The van der Waals surface area contributed by atoms with Crippen LogP contribution in [0.25, 0.3) is 0 Å². The second-order valence-electron chi connectivity index (χ2n) is 15.6. The van der Waals surface area contributed by atoms with Crippen LogP contribution in [0.3, 0.4) is 0 Å². The summed E-state index contributed by atoms with van der Waals surface area (Å²) in [5.41, 5.74) is 9.45. The molecule has 0 atom stereocenters. The summed E-state index contributed by atoms with van der Waals surface area (Å²) >= 11 is 0. The first-order chi connectivity index (χ1) is 35.6. The summed E-state index contributed by atoms with van der Waals surface area (Å²) in [5.74, 6) is 6.94. The second kappa shape index (κ2) is 32.9. The van der Waals surface area contributed by atoms with Crippen LogP contribution < -0.4 is 5.11 Å².